The van der Waals surface area contributed by atoms with Crippen LogP contribution in [0.1, 0.15) is 5.56 Å². The van der Waals surface area contributed by atoms with E-state index >= 15 is 0 Å². The number of rotatable bonds is 5. The lowest BCUT2D eigenvalue weighted by Crippen LogP contribution is -2.59. The maximum atomic E-state index is 12.1. The molecule has 112 valence electrons. The maximum Gasteiger partial charge on any atom is 0.331 e. The van der Waals surface area contributed by atoms with Gasteiger partial charge in [0.1, 0.15) is 0 Å². The molecule has 1 saturated heterocycles. The summed E-state index contributed by atoms with van der Waals surface area (Å²) in [5.41, 5.74) is 0.700. The minimum Gasteiger partial charge on any atom is -0.293 e. The van der Waals surface area contributed by atoms with E-state index < -0.39 is 29.5 Å². The van der Waals surface area contributed by atoms with Crippen LogP contribution in [0, 0.1) is 5.92 Å². The van der Waals surface area contributed by atoms with Gasteiger partial charge >= 0.3 is 6.03 Å². The van der Waals surface area contributed by atoms with Gasteiger partial charge in [0.05, 0.1) is 0 Å². The molecule has 0 bridgehead atoms. The number of urea groups is 1. The topological polar surface area (TPSA) is 96.4 Å². The first-order valence-corrected chi connectivity index (χ1v) is 6.43. The van der Waals surface area contributed by atoms with Gasteiger partial charge in [-0.1, -0.05) is 12.2 Å². The number of carbonyl (C=O) groups excluding carboxylic acids is 4. The van der Waals surface area contributed by atoms with Gasteiger partial charge in [-0.3, -0.25) is 29.6 Å². The summed E-state index contributed by atoms with van der Waals surface area (Å²) in [7, 11) is 0. The molecule has 2 rings (SSSR count). The number of amides is 4. The van der Waals surface area contributed by atoms with E-state index in [9.17, 15) is 19.2 Å². The van der Waals surface area contributed by atoms with Crippen molar-refractivity contribution < 1.29 is 19.2 Å². The van der Waals surface area contributed by atoms with Crippen molar-refractivity contribution in [3.05, 3.63) is 48.8 Å². The Morgan fingerprint density at radius 2 is 2.00 bits per heavy atom. The summed E-state index contributed by atoms with van der Waals surface area (Å²) in [5, 5.41) is 1.99. The summed E-state index contributed by atoms with van der Waals surface area (Å²) < 4.78 is 0. The SMILES string of the molecule is C=CCN1C(=O)NC(=O)[C@@H](C(=O)/C=C/c2ccncc2)C1=O. The van der Waals surface area contributed by atoms with Crippen LogP contribution in [0.15, 0.2) is 43.3 Å². The number of barbiturate groups is 1. The van der Waals surface area contributed by atoms with Crippen LogP contribution in [-0.2, 0) is 14.4 Å². The number of allylic oxidation sites excluding steroid dienone is 1. The smallest absolute Gasteiger partial charge is 0.293 e. The Bertz CT molecular complexity index is 667. The highest BCUT2D eigenvalue weighted by molar-refractivity contribution is 6.28. The summed E-state index contributed by atoms with van der Waals surface area (Å²) in [6, 6.07) is 2.48. The molecule has 7 heteroatoms. The minimum absolute atomic E-state index is 0.0736. The van der Waals surface area contributed by atoms with E-state index in [1.807, 2.05) is 5.32 Å². The number of nitrogens with zero attached hydrogens (tertiary/aromatic N) is 2. The van der Waals surface area contributed by atoms with E-state index in [-0.39, 0.29) is 6.54 Å². The molecule has 4 amide bonds. The third-order valence-corrected chi connectivity index (χ3v) is 2.99. The van der Waals surface area contributed by atoms with Crippen molar-refractivity contribution in [1.82, 2.24) is 15.2 Å². The number of ketones is 1. The average Bonchev–Trinajstić information content (AvgIpc) is 2.50. The molecule has 0 unspecified atom stereocenters. The van der Waals surface area contributed by atoms with Gasteiger partial charge in [-0.25, -0.2) is 4.79 Å². The molecule has 0 spiro atoms. The highest BCUT2D eigenvalue weighted by atomic mass is 16.2. The molecule has 2 heterocycles. The Morgan fingerprint density at radius 3 is 2.64 bits per heavy atom. The van der Waals surface area contributed by atoms with Crippen LogP contribution in [-0.4, -0.2) is 40.1 Å². The second kappa shape index (κ2) is 6.57. The third-order valence-electron chi connectivity index (χ3n) is 2.99. The molecule has 1 fully saturated rings. The molecular weight excluding hydrogens is 286 g/mol. The Labute approximate surface area is 126 Å². The van der Waals surface area contributed by atoms with Gasteiger partial charge in [0, 0.05) is 18.9 Å². The molecule has 1 aromatic rings. The largest absolute Gasteiger partial charge is 0.331 e. The molecule has 0 radical (unpaired) electrons. The van der Waals surface area contributed by atoms with Crippen molar-refractivity contribution in [1.29, 1.82) is 0 Å². The zero-order chi connectivity index (χ0) is 16.1. The van der Waals surface area contributed by atoms with Crippen LogP contribution in [0.3, 0.4) is 0 Å². The lowest BCUT2D eigenvalue weighted by atomic mass is 9.98. The standard InChI is InChI=1S/C15H13N3O4/c1-2-9-18-14(21)12(13(20)17-15(18)22)11(19)4-3-10-5-7-16-8-6-10/h2-8,12H,1,9H2,(H,17,20,22)/b4-3+/t12-/m1/s1. The minimum atomic E-state index is -1.56. The molecule has 1 aliphatic rings. The van der Waals surface area contributed by atoms with Crippen molar-refractivity contribution in [3.8, 4) is 0 Å². The van der Waals surface area contributed by atoms with Gasteiger partial charge < -0.3 is 0 Å². The van der Waals surface area contributed by atoms with Gasteiger partial charge in [-0.2, -0.15) is 0 Å². The lowest BCUT2D eigenvalue weighted by Gasteiger charge is -2.27. The number of imide groups is 2. The first-order valence-electron chi connectivity index (χ1n) is 6.43. The van der Waals surface area contributed by atoms with Crippen LogP contribution in [0.5, 0.6) is 0 Å². The number of hydrogen-bond acceptors (Lipinski definition) is 5. The highest BCUT2D eigenvalue weighted by Gasteiger charge is 2.43. The van der Waals surface area contributed by atoms with Crippen LogP contribution in [0.4, 0.5) is 4.79 Å². The number of pyridine rings is 1. The van der Waals surface area contributed by atoms with Crippen molar-refractivity contribution in [2.24, 2.45) is 5.92 Å². The van der Waals surface area contributed by atoms with E-state index in [1.54, 1.807) is 24.5 Å². The summed E-state index contributed by atoms with van der Waals surface area (Å²) >= 11 is 0. The predicted octanol–water partition coefficient (Wildman–Crippen LogP) is 0.544. The molecule has 1 N–H and O–H groups in total. The van der Waals surface area contributed by atoms with Crippen molar-refractivity contribution >= 4 is 29.7 Å². The molecule has 1 aromatic heterocycles. The van der Waals surface area contributed by atoms with Gasteiger partial charge in [0.2, 0.25) is 5.91 Å². The second-order valence-electron chi connectivity index (χ2n) is 4.48. The molecule has 22 heavy (non-hydrogen) atoms. The van der Waals surface area contributed by atoms with Crippen molar-refractivity contribution in [2.45, 2.75) is 0 Å². The van der Waals surface area contributed by atoms with E-state index in [1.165, 1.54) is 12.2 Å². The summed E-state index contributed by atoms with van der Waals surface area (Å²) in [4.78, 5) is 52.1. The Balaban J connectivity index is 2.18. The van der Waals surface area contributed by atoms with E-state index in [4.69, 9.17) is 0 Å². The molecule has 7 nitrogen and oxygen atoms in total. The van der Waals surface area contributed by atoms with E-state index in [0.29, 0.717) is 5.56 Å². The summed E-state index contributed by atoms with van der Waals surface area (Å²) in [6.45, 7) is 3.35. The Hall–Kier alpha value is -3.09. The fourth-order valence-corrected chi connectivity index (χ4v) is 1.92. The second-order valence-corrected chi connectivity index (χ2v) is 4.48. The number of nitrogens with one attached hydrogen (secondary N) is 1. The van der Waals surface area contributed by atoms with Crippen LogP contribution >= 0.6 is 0 Å². The highest BCUT2D eigenvalue weighted by Crippen LogP contribution is 2.13. The quantitative estimate of drug-likeness (QED) is 0.486. The van der Waals surface area contributed by atoms with Crippen LogP contribution in [0.2, 0.25) is 0 Å². The first kappa shape index (κ1) is 15.3. The molecule has 0 aromatic carbocycles. The number of aromatic nitrogens is 1. The lowest BCUT2D eigenvalue weighted by molar-refractivity contribution is -0.145. The van der Waals surface area contributed by atoms with E-state index in [2.05, 4.69) is 11.6 Å². The number of hydrogen-bond donors (Lipinski definition) is 1. The maximum absolute atomic E-state index is 12.1. The summed E-state index contributed by atoms with van der Waals surface area (Å²) in [6.07, 6.45) is 7.04. The molecule has 1 atom stereocenters. The Morgan fingerprint density at radius 1 is 1.32 bits per heavy atom. The van der Waals surface area contributed by atoms with Gasteiger partial charge in [-0.05, 0) is 23.8 Å². The third kappa shape index (κ3) is 3.14. The average molecular weight is 299 g/mol. The molecular formula is C15H13N3O4. The van der Waals surface area contributed by atoms with E-state index in [0.717, 1.165) is 11.0 Å². The molecule has 1 aliphatic heterocycles. The fourth-order valence-electron chi connectivity index (χ4n) is 1.92. The van der Waals surface area contributed by atoms with Gasteiger partial charge in [0.15, 0.2) is 11.7 Å². The number of carbonyl (C=O) groups is 4. The zero-order valence-corrected chi connectivity index (χ0v) is 11.6. The normalized spacial score (nSPS) is 18.5. The first-order chi connectivity index (χ1) is 10.5. The van der Waals surface area contributed by atoms with Gasteiger partial charge in [0.25, 0.3) is 5.91 Å². The predicted molar refractivity (Wildman–Crippen MR) is 77.2 cm³/mol. The van der Waals surface area contributed by atoms with Crippen LogP contribution in [0.25, 0.3) is 6.08 Å². The summed E-state index contributed by atoms with van der Waals surface area (Å²) in [5.74, 6) is -4.02. The fraction of sp³-hybridized carbons (Fsp3) is 0.133. The zero-order valence-electron chi connectivity index (χ0n) is 11.6. The van der Waals surface area contributed by atoms with Crippen LogP contribution < -0.4 is 5.32 Å². The molecule has 0 aliphatic carbocycles. The Kier molecular flexibility index (Phi) is 4.57. The van der Waals surface area contributed by atoms with Crippen molar-refractivity contribution in [2.75, 3.05) is 6.54 Å². The molecule has 0 saturated carbocycles. The van der Waals surface area contributed by atoms with Crippen molar-refractivity contribution in [3.63, 3.8) is 0 Å². The van der Waals surface area contributed by atoms with Gasteiger partial charge in [-0.15, -0.1) is 6.58 Å². The monoisotopic (exact) mass is 299 g/mol.